The van der Waals surface area contributed by atoms with E-state index in [0.29, 0.717) is 30.9 Å². The van der Waals surface area contributed by atoms with E-state index < -0.39 is 24.3 Å². The molecule has 0 amide bonds. The monoisotopic (exact) mass is 390 g/mol. The summed E-state index contributed by atoms with van der Waals surface area (Å²) in [6, 6.07) is 16.5. The summed E-state index contributed by atoms with van der Waals surface area (Å²) in [6.45, 7) is 0.455. The second-order valence-electron chi connectivity index (χ2n) is 6.11. The van der Waals surface area contributed by atoms with Crippen LogP contribution in [0.1, 0.15) is 22.3 Å². The van der Waals surface area contributed by atoms with Crippen LogP contribution >= 0.6 is 0 Å². The van der Waals surface area contributed by atoms with Gasteiger partial charge in [0.05, 0.1) is 18.8 Å². The molecule has 0 aromatic heterocycles. The molecule has 0 radical (unpaired) electrons. The maximum absolute atomic E-state index is 12.3. The molecule has 2 aromatic carbocycles. The van der Waals surface area contributed by atoms with Crippen LogP contribution in [0.4, 0.5) is 0 Å². The number of esters is 1. The van der Waals surface area contributed by atoms with Crippen molar-refractivity contribution in [2.45, 2.75) is 31.3 Å². The highest BCUT2D eigenvalue weighted by Crippen LogP contribution is 2.20. The lowest BCUT2D eigenvalue weighted by Gasteiger charge is -2.33. The van der Waals surface area contributed by atoms with E-state index >= 15 is 0 Å². The van der Waals surface area contributed by atoms with Crippen molar-refractivity contribution in [2.24, 2.45) is 0 Å². The third-order valence-electron chi connectivity index (χ3n) is 4.27. The molecule has 3 atom stereocenters. The highest BCUT2D eigenvalue weighted by Gasteiger charge is 2.35. The first-order valence-corrected chi connectivity index (χ1v) is 9.00. The molecule has 1 heterocycles. The number of rotatable bonds is 6. The van der Waals surface area contributed by atoms with Crippen LogP contribution in [0.15, 0.2) is 54.6 Å². The summed E-state index contributed by atoms with van der Waals surface area (Å²) in [5.41, 5.74) is 1.43. The van der Waals surface area contributed by atoms with Crippen molar-refractivity contribution in [1.29, 1.82) is 0 Å². The SMILES string of the molecule is CO.O=C(OC1CCOC(CO)C1O)c1ccc(OCc2ccccc2)cc1. The zero-order valence-electron chi connectivity index (χ0n) is 15.7. The quantitative estimate of drug-likeness (QED) is 0.643. The smallest absolute Gasteiger partial charge is 0.338 e. The number of carbonyl (C=O) groups is 1. The molecule has 0 bridgehead atoms. The van der Waals surface area contributed by atoms with E-state index in [4.69, 9.17) is 24.4 Å². The van der Waals surface area contributed by atoms with Crippen LogP contribution in [0.2, 0.25) is 0 Å². The molecule has 2 aromatic rings. The van der Waals surface area contributed by atoms with E-state index in [-0.39, 0.29) is 6.61 Å². The summed E-state index contributed by atoms with van der Waals surface area (Å²) < 4.78 is 16.3. The van der Waals surface area contributed by atoms with Gasteiger partial charge in [0.15, 0.2) is 0 Å². The van der Waals surface area contributed by atoms with Crippen LogP contribution in [0.25, 0.3) is 0 Å². The first-order valence-electron chi connectivity index (χ1n) is 9.00. The zero-order valence-corrected chi connectivity index (χ0v) is 15.7. The molecule has 3 N–H and O–H groups in total. The predicted octanol–water partition coefficient (Wildman–Crippen LogP) is 1.54. The van der Waals surface area contributed by atoms with E-state index in [9.17, 15) is 9.90 Å². The molecule has 0 aliphatic carbocycles. The summed E-state index contributed by atoms with van der Waals surface area (Å²) in [6.07, 6.45) is -2.06. The van der Waals surface area contributed by atoms with E-state index in [0.717, 1.165) is 12.7 Å². The Bertz CT molecular complexity index is 702. The minimum atomic E-state index is -1.04. The third-order valence-corrected chi connectivity index (χ3v) is 4.27. The minimum absolute atomic E-state index is 0.317. The lowest BCUT2D eigenvalue weighted by Crippen LogP contribution is -2.48. The molecule has 28 heavy (non-hydrogen) atoms. The molecule has 3 unspecified atom stereocenters. The van der Waals surface area contributed by atoms with Gasteiger partial charge < -0.3 is 29.5 Å². The Balaban J connectivity index is 0.00000136. The Morgan fingerprint density at radius 1 is 1.11 bits per heavy atom. The average molecular weight is 390 g/mol. The normalized spacial score (nSPS) is 21.2. The molecule has 152 valence electrons. The zero-order chi connectivity index (χ0) is 20.4. The molecule has 0 saturated carbocycles. The van der Waals surface area contributed by atoms with Crippen molar-refractivity contribution in [1.82, 2.24) is 0 Å². The van der Waals surface area contributed by atoms with Gasteiger partial charge in [-0.05, 0) is 29.8 Å². The Morgan fingerprint density at radius 3 is 2.43 bits per heavy atom. The fourth-order valence-corrected chi connectivity index (χ4v) is 2.77. The third kappa shape index (κ3) is 6.03. The second-order valence-corrected chi connectivity index (χ2v) is 6.11. The van der Waals surface area contributed by atoms with Crippen molar-refractivity contribution >= 4 is 5.97 Å². The van der Waals surface area contributed by atoms with Gasteiger partial charge in [0.1, 0.15) is 30.7 Å². The van der Waals surface area contributed by atoms with Crippen LogP contribution in [-0.4, -0.2) is 59.9 Å². The van der Waals surface area contributed by atoms with Gasteiger partial charge in [0, 0.05) is 13.5 Å². The molecule has 7 heteroatoms. The molecule has 0 spiro atoms. The molecule has 7 nitrogen and oxygen atoms in total. The van der Waals surface area contributed by atoms with Crippen LogP contribution in [-0.2, 0) is 16.1 Å². The molecule has 1 aliphatic heterocycles. The van der Waals surface area contributed by atoms with Crippen molar-refractivity contribution in [3.63, 3.8) is 0 Å². The van der Waals surface area contributed by atoms with Gasteiger partial charge in [0.2, 0.25) is 0 Å². The summed E-state index contributed by atoms with van der Waals surface area (Å²) >= 11 is 0. The summed E-state index contributed by atoms with van der Waals surface area (Å²) in [5, 5.41) is 26.2. The lowest BCUT2D eigenvalue weighted by atomic mass is 10.0. The number of hydrogen-bond donors (Lipinski definition) is 3. The second kappa shape index (κ2) is 11.4. The predicted molar refractivity (Wildman–Crippen MR) is 102 cm³/mol. The van der Waals surface area contributed by atoms with E-state index in [1.165, 1.54) is 0 Å². The first kappa shape index (κ1) is 21.8. The molecule has 1 aliphatic rings. The number of hydrogen-bond acceptors (Lipinski definition) is 7. The van der Waals surface area contributed by atoms with Gasteiger partial charge in [-0.1, -0.05) is 30.3 Å². The number of aliphatic hydroxyl groups is 3. The Morgan fingerprint density at radius 2 is 1.79 bits per heavy atom. The number of benzene rings is 2. The standard InChI is InChI=1S/C20H22O6.CH4O/c21-12-18-19(22)17(10-11-24-18)26-20(23)15-6-8-16(9-7-15)25-13-14-4-2-1-3-5-14;1-2/h1-9,17-19,21-22H,10-13H2;2H,1H3. The van der Waals surface area contributed by atoms with Gasteiger partial charge >= 0.3 is 5.97 Å². The molecule has 1 fully saturated rings. The summed E-state index contributed by atoms with van der Waals surface area (Å²) in [5.74, 6) is 0.124. The van der Waals surface area contributed by atoms with E-state index in [2.05, 4.69) is 0 Å². The van der Waals surface area contributed by atoms with Gasteiger partial charge in [-0.25, -0.2) is 4.79 Å². The molecule has 3 rings (SSSR count). The molecular weight excluding hydrogens is 364 g/mol. The molecule has 1 saturated heterocycles. The summed E-state index contributed by atoms with van der Waals surface area (Å²) in [4.78, 5) is 12.3. The first-order chi connectivity index (χ1) is 13.7. The summed E-state index contributed by atoms with van der Waals surface area (Å²) in [7, 11) is 1.00. The fourth-order valence-electron chi connectivity index (χ4n) is 2.77. The van der Waals surface area contributed by atoms with Crippen LogP contribution in [0.5, 0.6) is 5.75 Å². The number of ether oxygens (including phenoxy) is 3. The van der Waals surface area contributed by atoms with E-state index in [1.807, 2.05) is 30.3 Å². The van der Waals surface area contributed by atoms with Crippen LogP contribution < -0.4 is 4.74 Å². The number of aliphatic hydroxyl groups excluding tert-OH is 3. The van der Waals surface area contributed by atoms with Crippen molar-refractivity contribution in [2.75, 3.05) is 20.3 Å². The lowest BCUT2D eigenvalue weighted by molar-refractivity contribution is -0.149. The van der Waals surface area contributed by atoms with Crippen molar-refractivity contribution in [3.05, 3.63) is 65.7 Å². The Labute approximate surface area is 164 Å². The molecular formula is C21H26O7. The highest BCUT2D eigenvalue weighted by molar-refractivity contribution is 5.89. The van der Waals surface area contributed by atoms with Gasteiger partial charge in [-0.15, -0.1) is 0 Å². The topological polar surface area (TPSA) is 105 Å². The Kier molecular flexibility index (Phi) is 8.90. The van der Waals surface area contributed by atoms with Gasteiger partial charge in [-0.3, -0.25) is 0 Å². The van der Waals surface area contributed by atoms with Crippen molar-refractivity contribution < 1.29 is 34.3 Å². The maximum Gasteiger partial charge on any atom is 0.338 e. The Hall–Kier alpha value is -2.45. The van der Waals surface area contributed by atoms with E-state index in [1.54, 1.807) is 24.3 Å². The maximum atomic E-state index is 12.3. The van der Waals surface area contributed by atoms with Crippen molar-refractivity contribution in [3.8, 4) is 5.75 Å². The van der Waals surface area contributed by atoms with Gasteiger partial charge in [-0.2, -0.15) is 0 Å². The highest BCUT2D eigenvalue weighted by atomic mass is 16.6. The van der Waals surface area contributed by atoms with Crippen LogP contribution in [0, 0.1) is 0 Å². The van der Waals surface area contributed by atoms with Crippen LogP contribution in [0.3, 0.4) is 0 Å². The average Bonchev–Trinajstić information content (AvgIpc) is 2.76. The number of carbonyl (C=O) groups excluding carboxylic acids is 1. The largest absolute Gasteiger partial charge is 0.489 e. The van der Waals surface area contributed by atoms with Gasteiger partial charge in [0.25, 0.3) is 0 Å². The fraction of sp³-hybridized carbons (Fsp3) is 0.381. The minimum Gasteiger partial charge on any atom is -0.489 e.